The van der Waals surface area contributed by atoms with Gasteiger partial charge < -0.3 is 20.1 Å². The van der Waals surface area contributed by atoms with Crippen LogP contribution in [0.2, 0.25) is 0 Å². The lowest BCUT2D eigenvalue weighted by atomic mass is 9.82. The van der Waals surface area contributed by atoms with Crippen molar-refractivity contribution in [2.45, 2.75) is 63.9 Å². The number of ether oxygens (including phenoxy) is 1. The number of anilines is 1. The molecular formula is C25H31N3O5S. The maximum Gasteiger partial charge on any atom is 0.269 e. The van der Waals surface area contributed by atoms with Crippen LogP contribution < -0.4 is 10.2 Å². The highest BCUT2D eigenvalue weighted by molar-refractivity contribution is 7.16. The van der Waals surface area contributed by atoms with Crippen LogP contribution in [0.15, 0.2) is 30.3 Å². The zero-order valence-electron chi connectivity index (χ0n) is 19.3. The summed E-state index contributed by atoms with van der Waals surface area (Å²) in [6.07, 6.45) is 4.45. The highest BCUT2D eigenvalue weighted by Crippen LogP contribution is 2.50. The van der Waals surface area contributed by atoms with Gasteiger partial charge >= 0.3 is 0 Å². The number of non-ortho nitro benzene ring substituents is 1. The van der Waals surface area contributed by atoms with E-state index in [2.05, 4.69) is 12.2 Å². The van der Waals surface area contributed by atoms with Gasteiger partial charge in [0.05, 0.1) is 15.5 Å². The van der Waals surface area contributed by atoms with E-state index in [9.17, 15) is 20.0 Å². The summed E-state index contributed by atoms with van der Waals surface area (Å²) >= 11 is 1.49. The fourth-order valence-electron chi connectivity index (χ4n) is 5.24. The van der Waals surface area contributed by atoms with Crippen LogP contribution in [0.1, 0.15) is 56.4 Å². The molecule has 3 fully saturated rings. The van der Waals surface area contributed by atoms with Crippen LogP contribution in [0.5, 0.6) is 0 Å². The summed E-state index contributed by atoms with van der Waals surface area (Å²) in [4.78, 5) is 28.4. The Bertz CT molecular complexity index is 1040. The lowest BCUT2D eigenvalue weighted by molar-refractivity contribution is -0.384. The molecule has 0 radical (unpaired) electrons. The summed E-state index contributed by atoms with van der Waals surface area (Å²) in [6.45, 7) is 3.99. The Morgan fingerprint density at radius 2 is 1.79 bits per heavy atom. The summed E-state index contributed by atoms with van der Waals surface area (Å²) in [5.41, 5.74) is 1.72. The van der Waals surface area contributed by atoms with E-state index in [4.69, 9.17) is 4.74 Å². The third-order valence-corrected chi connectivity index (χ3v) is 8.60. The molecule has 0 bridgehead atoms. The number of nitro benzene ring substituents is 1. The average Bonchev–Trinajstić information content (AvgIpc) is 3.42. The Balaban J connectivity index is 1.52. The van der Waals surface area contributed by atoms with Crippen LogP contribution in [0.3, 0.4) is 0 Å². The van der Waals surface area contributed by atoms with Gasteiger partial charge in [0.25, 0.3) is 5.69 Å². The van der Waals surface area contributed by atoms with Crippen molar-refractivity contribution in [1.82, 2.24) is 5.32 Å². The van der Waals surface area contributed by atoms with E-state index in [0.717, 1.165) is 72.6 Å². The van der Waals surface area contributed by atoms with Gasteiger partial charge in [-0.3, -0.25) is 14.9 Å². The zero-order chi connectivity index (χ0) is 23.8. The Hall–Kier alpha value is -2.33. The van der Waals surface area contributed by atoms with E-state index >= 15 is 0 Å². The number of nitrogens with one attached hydrogen (secondary N) is 1. The number of nitro groups is 1. The number of epoxide rings is 1. The van der Waals surface area contributed by atoms with E-state index in [1.54, 1.807) is 12.1 Å². The fourth-order valence-corrected chi connectivity index (χ4v) is 6.45. The van der Waals surface area contributed by atoms with Gasteiger partial charge in [-0.25, -0.2) is 0 Å². The van der Waals surface area contributed by atoms with Crippen LogP contribution in [-0.4, -0.2) is 41.4 Å². The molecule has 9 heteroatoms. The van der Waals surface area contributed by atoms with Gasteiger partial charge in [0, 0.05) is 29.0 Å². The molecule has 1 aromatic heterocycles. The minimum absolute atomic E-state index is 0.0201. The first-order valence-electron chi connectivity index (χ1n) is 12.2. The molecule has 182 valence electrons. The molecule has 2 unspecified atom stereocenters. The second-order valence-electron chi connectivity index (χ2n) is 9.76. The van der Waals surface area contributed by atoms with Crippen molar-refractivity contribution < 1.29 is 19.6 Å². The molecule has 1 amide bonds. The molecule has 1 saturated carbocycles. The molecule has 2 aliphatic heterocycles. The van der Waals surface area contributed by atoms with Crippen molar-refractivity contribution in [3.8, 4) is 10.4 Å². The second kappa shape index (κ2) is 9.73. The number of nitrogens with zero attached hydrogens (tertiary/aromatic N) is 2. The van der Waals surface area contributed by atoms with Crippen LogP contribution >= 0.6 is 11.3 Å². The number of aliphatic hydroxyl groups excluding tert-OH is 1. The molecule has 0 spiro atoms. The third kappa shape index (κ3) is 4.75. The number of hydrogen-bond acceptors (Lipinski definition) is 7. The fraction of sp³-hybridized carbons (Fsp3) is 0.560. The quantitative estimate of drug-likeness (QED) is 0.351. The molecule has 5 rings (SSSR count). The van der Waals surface area contributed by atoms with Gasteiger partial charge in [0.1, 0.15) is 6.10 Å². The summed E-state index contributed by atoms with van der Waals surface area (Å²) in [7, 11) is 0. The van der Waals surface area contributed by atoms with Crippen molar-refractivity contribution in [2.75, 3.05) is 18.0 Å². The normalized spacial score (nSPS) is 27.4. The van der Waals surface area contributed by atoms with E-state index in [0.29, 0.717) is 5.92 Å². The summed E-state index contributed by atoms with van der Waals surface area (Å²) in [5, 5.41) is 24.5. The molecule has 2 atom stereocenters. The number of hydrogen-bond donors (Lipinski definition) is 2. The summed E-state index contributed by atoms with van der Waals surface area (Å²) in [5.74, 6) is 0.867. The minimum Gasteiger partial charge on any atom is -0.365 e. The Labute approximate surface area is 203 Å². The Morgan fingerprint density at radius 1 is 1.15 bits per heavy atom. The maximum absolute atomic E-state index is 14.0. The minimum atomic E-state index is -0.859. The highest BCUT2D eigenvalue weighted by Gasteiger charge is 2.44. The first-order valence-corrected chi connectivity index (χ1v) is 13.0. The predicted octanol–water partition coefficient (Wildman–Crippen LogP) is 4.62. The first kappa shape index (κ1) is 23.4. The van der Waals surface area contributed by atoms with E-state index in [-0.39, 0.29) is 23.6 Å². The van der Waals surface area contributed by atoms with Gasteiger partial charge in [-0.15, -0.1) is 11.3 Å². The van der Waals surface area contributed by atoms with Crippen molar-refractivity contribution in [3.05, 3.63) is 45.3 Å². The van der Waals surface area contributed by atoms with Gasteiger partial charge in [-0.1, -0.05) is 6.92 Å². The number of rotatable bonds is 6. The summed E-state index contributed by atoms with van der Waals surface area (Å²) in [6, 6.07) is 8.58. The predicted molar refractivity (Wildman–Crippen MR) is 131 cm³/mol. The molecule has 3 aliphatic rings. The topological polar surface area (TPSA) is 108 Å². The lowest BCUT2D eigenvalue weighted by Gasteiger charge is -2.38. The van der Waals surface area contributed by atoms with Gasteiger partial charge in [-0.2, -0.15) is 0 Å². The molecule has 2 saturated heterocycles. The highest BCUT2D eigenvalue weighted by atomic mass is 32.1. The average molecular weight is 486 g/mol. The van der Waals surface area contributed by atoms with Crippen LogP contribution in [0.4, 0.5) is 11.4 Å². The lowest BCUT2D eigenvalue weighted by Crippen LogP contribution is -2.49. The first-order chi connectivity index (χ1) is 16.4. The van der Waals surface area contributed by atoms with Crippen molar-refractivity contribution >= 4 is 28.6 Å². The second-order valence-corrected chi connectivity index (χ2v) is 10.8. The van der Waals surface area contributed by atoms with E-state index in [1.807, 2.05) is 11.0 Å². The largest absolute Gasteiger partial charge is 0.365 e. The number of thiophene rings is 1. The zero-order valence-corrected chi connectivity index (χ0v) is 20.1. The van der Waals surface area contributed by atoms with Gasteiger partial charge in [0.15, 0.2) is 6.29 Å². The third-order valence-electron chi connectivity index (χ3n) is 7.37. The molecule has 34 heavy (non-hydrogen) atoms. The number of carbonyl (C=O) groups excluding carboxylic acids is 1. The van der Waals surface area contributed by atoms with Crippen LogP contribution in [-0.2, 0) is 9.53 Å². The number of benzene rings is 1. The van der Waals surface area contributed by atoms with Crippen LogP contribution in [0, 0.1) is 22.0 Å². The number of carbonyl (C=O) groups is 1. The Morgan fingerprint density at radius 3 is 2.38 bits per heavy atom. The monoisotopic (exact) mass is 485 g/mol. The smallest absolute Gasteiger partial charge is 0.269 e. The molecule has 8 nitrogen and oxygen atoms in total. The van der Waals surface area contributed by atoms with E-state index < -0.39 is 17.3 Å². The molecule has 2 N–H and O–H groups in total. The Kier molecular flexibility index (Phi) is 6.70. The van der Waals surface area contributed by atoms with Crippen molar-refractivity contribution in [3.63, 3.8) is 0 Å². The molecule has 2 aromatic rings. The molecule has 1 aromatic carbocycles. The number of piperidine rings is 1. The number of amides is 1. The van der Waals surface area contributed by atoms with Gasteiger partial charge in [-0.05, 0) is 81.3 Å². The van der Waals surface area contributed by atoms with E-state index in [1.165, 1.54) is 23.5 Å². The van der Waals surface area contributed by atoms with Gasteiger partial charge in [0.2, 0.25) is 5.91 Å². The van der Waals surface area contributed by atoms with Crippen molar-refractivity contribution in [2.24, 2.45) is 11.8 Å². The number of aliphatic hydroxyl groups is 1. The van der Waals surface area contributed by atoms with Crippen LogP contribution in [0.25, 0.3) is 10.4 Å². The molecule has 3 heterocycles. The standard InChI is InChI=1S/C25H31N3O5S/c1-15-2-4-17(5-3-15)24(29)27(18-10-12-26-13-11-18)20-14-21(34-23(20)22-25(30)33-22)16-6-8-19(9-7-16)28(31)32/h6-9,14-15,17-18,22,25-26,30H,2-5,10-13H2,1H3. The SMILES string of the molecule is CC1CCC(C(=O)N(c2cc(-c3ccc([N+](=O)[O-])cc3)sc2C2OC2O)C2CCNCC2)CC1. The van der Waals surface area contributed by atoms with Crippen molar-refractivity contribution in [1.29, 1.82) is 0 Å². The molecule has 1 aliphatic carbocycles. The molecular weight excluding hydrogens is 454 g/mol. The maximum atomic E-state index is 14.0. The summed E-state index contributed by atoms with van der Waals surface area (Å²) < 4.78 is 5.45.